The van der Waals surface area contributed by atoms with E-state index in [1.165, 1.54) is 30.3 Å². The molecule has 0 unspecified atom stereocenters. The van der Waals surface area contributed by atoms with E-state index in [-0.39, 0.29) is 36.4 Å². The summed E-state index contributed by atoms with van der Waals surface area (Å²) in [5, 5.41) is 11.2. The summed E-state index contributed by atoms with van der Waals surface area (Å²) in [5.74, 6) is -1.35. The van der Waals surface area contributed by atoms with Crippen molar-refractivity contribution in [1.29, 1.82) is 0 Å². The summed E-state index contributed by atoms with van der Waals surface area (Å²) in [6, 6.07) is 2.99. The molecule has 7 nitrogen and oxygen atoms in total. The lowest BCUT2D eigenvalue weighted by molar-refractivity contribution is -0.137. The molecule has 1 rings (SSSR count). The van der Waals surface area contributed by atoms with Gasteiger partial charge in [0.1, 0.15) is 5.69 Å². The summed E-state index contributed by atoms with van der Waals surface area (Å²) in [4.78, 5) is 40.0. The van der Waals surface area contributed by atoms with Crippen molar-refractivity contribution in [2.24, 2.45) is 5.92 Å². The van der Waals surface area contributed by atoms with Gasteiger partial charge in [-0.25, -0.2) is 0 Å². The molecule has 120 valence electrons. The zero-order valence-corrected chi connectivity index (χ0v) is 13.0. The Labute approximate surface area is 129 Å². The number of aromatic nitrogens is 1. The molecule has 0 aliphatic heterocycles. The average Bonchev–Trinajstić information content (AvgIpc) is 2.49. The minimum absolute atomic E-state index is 0.109. The van der Waals surface area contributed by atoms with E-state index in [4.69, 9.17) is 5.11 Å². The highest BCUT2D eigenvalue weighted by atomic mass is 16.4. The largest absolute Gasteiger partial charge is 0.481 e. The van der Waals surface area contributed by atoms with Gasteiger partial charge in [-0.1, -0.05) is 13.8 Å². The van der Waals surface area contributed by atoms with Gasteiger partial charge in [0.05, 0.1) is 12.0 Å². The Balaban J connectivity index is 2.87. The van der Waals surface area contributed by atoms with Crippen LogP contribution in [0.5, 0.6) is 0 Å². The first-order valence-corrected chi connectivity index (χ1v) is 7.04. The number of hydrogen-bond donors (Lipinski definition) is 2. The van der Waals surface area contributed by atoms with Gasteiger partial charge in [0.15, 0.2) is 0 Å². The third-order valence-electron chi connectivity index (χ3n) is 2.94. The maximum Gasteiger partial charge on any atom is 0.305 e. The van der Waals surface area contributed by atoms with Crippen LogP contribution in [0.1, 0.15) is 41.1 Å². The fraction of sp³-hybridized carbons (Fsp3) is 0.467. The topological polar surface area (TPSA) is 99.6 Å². The van der Waals surface area contributed by atoms with Crippen molar-refractivity contribution in [3.63, 3.8) is 0 Å². The summed E-state index contributed by atoms with van der Waals surface area (Å²) >= 11 is 0. The van der Waals surface area contributed by atoms with Crippen LogP contribution in [0.4, 0.5) is 0 Å². The molecule has 2 amide bonds. The molecule has 7 heteroatoms. The van der Waals surface area contributed by atoms with Crippen LogP contribution in [0, 0.1) is 5.92 Å². The second-order valence-electron chi connectivity index (χ2n) is 5.30. The van der Waals surface area contributed by atoms with Crippen LogP contribution in [-0.4, -0.2) is 52.9 Å². The zero-order chi connectivity index (χ0) is 16.7. The lowest BCUT2D eigenvalue weighted by Gasteiger charge is -2.24. The van der Waals surface area contributed by atoms with Gasteiger partial charge in [-0.2, -0.15) is 0 Å². The summed E-state index contributed by atoms with van der Waals surface area (Å²) in [6.45, 7) is 4.51. The smallest absolute Gasteiger partial charge is 0.305 e. The Bertz CT molecular complexity index is 540. The molecule has 2 N–H and O–H groups in total. The molecule has 0 saturated heterocycles. The number of pyridine rings is 1. The number of rotatable bonds is 7. The molecule has 0 aliphatic rings. The Hall–Kier alpha value is -2.44. The summed E-state index contributed by atoms with van der Waals surface area (Å²) < 4.78 is 0. The fourth-order valence-electron chi connectivity index (χ4n) is 1.91. The Morgan fingerprint density at radius 1 is 1.32 bits per heavy atom. The summed E-state index contributed by atoms with van der Waals surface area (Å²) in [6.07, 6.45) is 1.23. The van der Waals surface area contributed by atoms with Crippen LogP contribution in [0.2, 0.25) is 0 Å². The van der Waals surface area contributed by atoms with E-state index in [9.17, 15) is 14.4 Å². The summed E-state index contributed by atoms with van der Waals surface area (Å²) in [5.41, 5.74) is 0.554. The molecule has 22 heavy (non-hydrogen) atoms. The van der Waals surface area contributed by atoms with Crippen LogP contribution in [0.25, 0.3) is 0 Å². The quantitative estimate of drug-likeness (QED) is 0.783. The monoisotopic (exact) mass is 307 g/mol. The molecule has 0 aliphatic carbocycles. The molecule has 1 aromatic rings. The normalized spacial score (nSPS) is 10.4. The van der Waals surface area contributed by atoms with E-state index in [0.29, 0.717) is 12.1 Å². The Kier molecular flexibility index (Phi) is 6.49. The number of aliphatic carboxylic acids is 1. The molecular weight excluding hydrogens is 286 g/mol. The third kappa shape index (κ3) is 5.16. The second kappa shape index (κ2) is 8.11. The highest BCUT2D eigenvalue weighted by Crippen LogP contribution is 2.09. The van der Waals surface area contributed by atoms with Gasteiger partial charge in [-0.3, -0.25) is 19.4 Å². The maximum atomic E-state index is 12.4. The minimum atomic E-state index is -0.949. The van der Waals surface area contributed by atoms with E-state index in [0.717, 1.165) is 0 Å². The van der Waals surface area contributed by atoms with Crippen molar-refractivity contribution in [1.82, 2.24) is 15.2 Å². The molecule has 0 radical (unpaired) electrons. The van der Waals surface area contributed by atoms with E-state index in [1.807, 2.05) is 13.8 Å². The number of nitrogens with zero attached hydrogens (tertiary/aromatic N) is 2. The van der Waals surface area contributed by atoms with Gasteiger partial charge in [0.2, 0.25) is 0 Å². The fourth-order valence-corrected chi connectivity index (χ4v) is 1.91. The van der Waals surface area contributed by atoms with E-state index < -0.39 is 5.97 Å². The van der Waals surface area contributed by atoms with Crippen LogP contribution in [0.15, 0.2) is 18.3 Å². The molecule has 0 bridgehead atoms. The average molecular weight is 307 g/mol. The Morgan fingerprint density at radius 3 is 2.45 bits per heavy atom. The molecule has 0 saturated carbocycles. The molecular formula is C15H21N3O4. The van der Waals surface area contributed by atoms with E-state index in [2.05, 4.69) is 10.3 Å². The first kappa shape index (κ1) is 17.6. The number of carbonyl (C=O) groups is 3. The third-order valence-corrected chi connectivity index (χ3v) is 2.94. The molecule has 0 atom stereocenters. The number of carboxylic acids is 1. The molecule has 0 spiro atoms. The SMILES string of the molecule is CNC(=O)c1ccc(C(=O)N(CCC(=O)O)CC(C)C)cn1. The number of carbonyl (C=O) groups excluding carboxylic acids is 2. The van der Waals surface area contributed by atoms with Crippen molar-refractivity contribution in [3.05, 3.63) is 29.6 Å². The van der Waals surface area contributed by atoms with E-state index in [1.54, 1.807) is 0 Å². The molecule has 0 aromatic carbocycles. The van der Waals surface area contributed by atoms with Crippen LogP contribution in [0.3, 0.4) is 0 Å². The maximum absolute atomic E-state index is 12.4. The van der Waals surface area contributed by atoms with Gasteiger partial charge >= 0.3 is 5.97 Å². The number of carboxylic acid groups (broad SMARTS) is 1. The van der Waals surface area contributed by atoms with E-state index >= 15 is 0 Å². The molecule has 1 heterocycles. The second-order valence-corrected chi connectivity index (χ2v) is 5.30. The highest BCUT2D eigenvalue weighted by Gasteiger charge is 2.18. The van der Waals surface area contributed by atoms with Crippen molar-refractivity contribution >= 4 is 17.8 Å². The van der Waals surface area contributed by atoms with Crippen LogP contribution < -0.4 is 5.32 Å². The van der Waals surface area contributed by atoms with Crippen LogP contribution in [-0.2, 0) is 4.79 Å². The first-order chi connectivity index (χ1) is 10.3. The van der Waals surface area contributed by atoms with Gasteiger partial charge in [-0.05, 0) is 18.1 Å². The highest BCUT2D eigenvalue weighted by molar-refractivity contribution is 5.96. The predicted molar refractivity (Wildman–Crippen MR) is 80.6 cm³/mol. The number of hydrogen-bond acceptors (Lipinski definition) is 4. The lowest BCUT2D eigenvalue weighted by Crippen LogP contribution is -2.36. The predicted octanol–water partition coefficient (Wildman–Crippen LogP) is 1.01. The number of nitrogens with one attached hydrogen (secondary N) is 1. The lowest BCUT2D eigenvalue weighted by atomic mass is 10.1. The van der Waals surface area contributed by atoms with Gasteiger partial charge in [0.25, 0.3) is 11.8 Å². The first-order valence-electron chi connectivity index (χ1n) is 7.04. The van der Waals surface area contributed by atoms with Gasteiger partial charge in [-0.15, -0.1) is 0 Å². The van der Waals surface area contributed by atoms with Gasteiger partial charge in [0, 0.05) is 26.3 Å². The summed E-state index contributed by atoms with van der Waals surface area (Å²) in [7, 11) is 1.50. The standard InChI is InChI=1S/C15H21N3O4/c1-10(2)9-18(7-6-13(19)20)15(22)11-4-5-12(17-8-11)14(21)16-3/h4-5,8,10H,6-7,9H2,1-3H3,(H,16,21)(H,19,20). The number of amides is 2. The minimum Gasteiger partial charge on any atom is -0.481 e. The van der Waals surface area contributed by atoms with Crippen LogP contribution >= 0.6 is 0 Å². The van der Waals surface area contributed by atoms with Crippen molar-refractivity contribution < 1.29 is 19.5 Å². The van der Waals surface area contributed by atoms with Crippen molar-refractivity contribution in [3.8, 4) is 0 Å². The van der Waals surface area contributed by atoms with Crippen molar-refractivity contribution in [2.75, 3.05) is 20.1 Å². The molecule has 1 aromatic heterocycles. The zero-order valence-electron chi connectivity index (χ0n) is 13.0. The van der Waals surface area contributed by atoms with Crippen molar-refractivity contribution in [2.45, 2.75) is 20.3 Å². The Morgan fingerprint density at radius 2 is 2.00 bits per heavy atom. The van der Waals surface area contributed by atoms with Gasteiger partial charge < -0.3 is 15.3 Å². The molecule has 0 fully saturated rings.